The second kappa shape index (κ2) is 4.85. The van der Waals surface area contributed by atoms with E-state index in [2.05, 4.69) is 25.6 Å². The van der Waals surface area contributed by atoms with Crippen molar-refractivity contribution in [3.05, 3.63) is 22.7 Å². The standard InChI is InChI=1S/C12H13BrN2O2S/c1-12(2,3)17-11(16)14-10-8-6-7(13)4-5-9(8)18-15-10/h4-6H,1-3H3,(H,14,15,16). The minimum absolute atomic E-state index is 0.491. The summed E-state index contributed by atoms with van der Waals surface area (Å²) in [6, 6.07) is 5.82. The lowest BCUT2D eigenvalue weighted by molar-refractivity contribution is 0.0635. The second-order valence-corrected chi connectivity index (χ2v) is 6.52. The molecule has 2 rings (SSSR count). The normalized spacial score (nSPS) is 11.6. The number of nitrogens with one attached hydrogen (secondary N) is 1. The Labute approximate surface area is 118 Å². The molecule has 0 aliphatic carbocycles. The van der Waals surface area contributed by atoms with Crippen LogP contribution < -0.4 is 5.32 Å². The van der Waals surface area contributed by atoms with Gasteiger partial charge in [-0.1, -0.05) is 15.9 Å². The Hall–Kier alpha value is -1.14. The van der Waals surface area contributed by atoms with Crippen LogP contribution in [-0.2, 0) is 4.74 Å². The lowest BCUT2D eigenvalue weighted by Crippen LogP contribution is -2.27. The van der Waals surface area contributed by atoms with Gasteiger partial charge in [0.05, 0.1) is 4.70 Å². The van der Waals surface area contributed by atoms with Crippen molar-refractivity contribution in [1.29, 1.82) is 0 Å². The van der Waals surface area contributed by atoms with E-state index < -0.39 is 11.7 Å². The summed E-state index contributed by atoms with van der Waals surface area (Å²) in [6.45, 7) is 5.47. The first-order valence-electron chi connectivity index (χ1n) is 5.40. The zero-order valence-corrected chi connectivity index (χ0v) is 12.7. The Balaban J connectivity index is 2.22. The number of benzene rings is 1. The Kier molecular flexibility index (Phi) is 3.59. The molecule has 0 bridgehead atoms. The number of aromatic nitrogens is 1. The van der Waals surface area contributed by atoms with Crippen molar-refractivity contribution in [3.63, 3.8) is 0 Å². The smallest absolute Gasteiger partial charge is 0.413 e. The third-order valence-electron chi connectivity index (χ3n) is 2.05. The van der Waals surface area contributed by atoms with Crippen molar-refractivity contribution in [3.8, 4) is 0 Å². The highest BCUT2D eigenvalue weighted by molar-refractivity contribution is 9.10. The minimum atomic E-state index is -0.517. The highest BCUT2D eigenvalue weighted by Gasteiger charge is 2.18. The van der Waals surface area contributed by atoms with Crippen molar-refractivity contribution in [2.75, 3.05) is 5.32 Å². The molecule has 0 saturated heterocycles. The summed E-state index contributed by atoms with van der Waals surface area (Å²) < 4.78 is 11.4. The van der Waals surface area contributed by atoms with Crippen molar-refractivity contribution >= 4 is 49.5 Å². The quantitative estimate of drug-likeness (QED) is 0.843. The predicted molar refractivity (Wildman–Crippen MR) is 77.2 cm³/mol. The number of hydrogen-bond acceptors (Lipinski definition) is 4. The van der Waals surface area contributed by atoms with Gasteiger partial charge < -0.3 is 4.74 Å². The maximum absolute atomic E-state index is 11.7. The zero-order chi connectivity index (χ0) is 13.3. The average molecular weight is 329 g/mol. The van der Waals surface area contributed by atoms with Crippen LogP contribution in [0.15, 0.2) is 22.7 Å². The van der Waals surface area contributed by atoms with Crippen molar-refractivity contribution in [2.45, 2.75) is 26.4 Å². The molecule has 96 valence electrons. The van der Waals surface area contributed by atoms with Crippen LogP contribution in [0.1, 0.15) is 20.8 Å². The van der Waals surface area contributed by atoms with Gasteiger partial charge in [0, 0.05) is 9.86 Å². The van der Waals surface area contributed by atoms with Crippen LogP contribution >= 0.6 is 27.5 Å². The molecule has 1 N–H and O–H groups in total. The molecule has 0 aliphatic rings. The summed E-state index contributed by atoms with van der Waals surface area (Å²) in [7, 11) is 0. The number of nitrogens with zero attached hydrogens (tertiary/aromatic N) is 1. The molecule has 0 unspecified atom stereocenters. The highest BCUT2D eigenvalue weighted by atomic mass is 79.9. The molecule has 1 amide bonds. The summed E-state index contributed by atoms with van der Waals surface area (Å²) in [6.07, 6.45) is -0.491. The maximum Gasteiger partial charge on any atom is 0.413 e. The molecule has 1 heterocycles. The van der Waals surface area contributed by atoms with Crippen LogP contribution in [0, 0.1) is 0 Å². The molecule has 2 aromatic rings. The first kappa shape index (κ1) is 13.3. The lowest BCUT2D eigenvalue weighted by atomic mass is 10.2. The molecular weight excluding hydrogens is 316 g/mol. The number of rotatable bonds is 1. The van der Waals surface area contributed by atoms with Crippen LogP contribution in [0.3, 0.4) is 0 Å². The van der Waals surface area contributed by atoms with Gasteiger partial charge in [-0.3, -0.25) is 5.32 Å². The monoisotopic (exact) mass is 328 g/mol. The van der Waals surface area contributed by atoms with Crippen LogP contribution in [0.5, 0.6) is 0 Å². The van der Waals surface area contributed by atoms with Gasteiger partial charge in [-0.15, -0.1) is 0 Å². The number of amides is 1. The maximum atomic E-state index is 11.7. The van der Waals surface area contributed by atoms with Crippen LogP contribution in [0.25, 0.3) is 10.1 Å². The van der Waals surface area contributed by atoms with E-state index in [1.807, 2.05) is 39.0 Å². The van der Waals surface area contributed by atoms with E-state index >= 15 is 0 Å². The van der Waals surface area contributed by atoms with Crippen LogP contribution in [0.2, 0.25) is 0 Å². The summed E-state index contributed by atoms with van der Waals surface area (Å²) in [4.78, 5) is 11.7. The van der Waals surface area contributed by atoms with Crippen molar-refractivity contribution < 1.29 is 9.53 Å². The van der Waals surface area contributed by atoms with E-state index in [-0.39, 0.29) is 0 Å². The van der Waals surface area contributed by atoms with E-state index in [1.54, 1.807) is 0 Å². The summed E-state index contributed by atoms with van der Waals surface area (Å²) >= 11 is 4.74. The Bertz CT molecular complexity index is 589. The van der Waals surface area contributed by atoms with Crippen LogP contribution in [-0.4, -0.2) is 16.1 Å². The topological polar surface area (TPSA) is 51.2 Å². The number of ether oxygens (including phenoxy) is 1. The van der Waals surface area contributed by atoms with Crippen LogP contribution in [0.4, 0.5) is 10.6 Å². The molecule has 1 aromatic heterocycles. The number of hydrogen-bond donors (Lipinski definition) is 1. The largest absolute Gasteiger partial charge is 0.444 e. The SMILES string of the molecule is CC(C)(C)OC(=O)Nc1nsc2ccc(Br)cc12. The molecule has 1 aromatic carbocycles. The molecule has 0 saturated carbocycles. The third-order valence-corrected chi connectivity index (χ3v) is 3.37. The Morgan fingerprint density at radius 3 is 2.83 bits per heavy atom. The third kappa shape index (κ3) is 3.20. The number of carbonyl (C=O) groups is 1. The number of anilines is 1. The van der Waals surface area contributed by atoms with E-state index in [0.29, 0.717) is 5.82 Å². The highest BCUT2D eigenvalue weighted by Crippen LogP contribution is 2.29. The summed E-state index contributed by atoms with van der Waals surface area (Å²) in [5.74, 6) is 0.533. The van der Waals surface area contributed by atoms with Gasteiger partial charge in [-0.05, 0) is 50.5 Å². The van der Waals surface area contributed by atoms with Gasteiger partial charge in [0.1, 0.15) is 5.60 Å². The number of carbonyl (C=O) groups excluding carboxylic acids is 1. The predicted octanol–water partition coefficient (Wildman–Crippen LogP) is 4.41. The fourth-order valence-electron chi connectivity index (χ4n) is 1.40. The number of halogens is 1. The Morgan fingerprint density at radius 2 is 2.17 bits per heavy atom. The van der Waals surface area contributed by atoms with Crippen molar-refractivity contribution in [1.82, 2.24) is 4.37 Å². The first-order valence-corrected chi connectivity index (χ1v) is 6.97. The first-order chi connectivity index (χ1) is 8.35. The van der Waals surface area contributed by atoms with E-state index in [9.17, 15) is 4.79 Å². The van der Waals surface area contributed by atoms with E-state index in [4.69, 9.17) is 4.74 Å². The zero-order valence-electron chi connectivity index (χ0n) is 10.3. The summed E-state index contributed by atoms with van der Waals surface area (Å²) in [5, 5.41) is 3.57. The van der Waals surface area contributed by atoms with Gasteiger partial charge in [0.2, 0.25) is 0 Å². The molecule has 0 aliphatic heterocycles. The molecule has 0 radical (unpaired) electrons. The average Bonchev–Trinajstić information content (AvgIpc) is 2.58. The van der Waals surface area contributed by atoms with Gasteiger partial charge in [0.15, 0.2) is 5.82 Å². The van der Waals surface area contributed by atoms with Gasteiger partial charge in [-0.25, -0.2) is 4.79 Å². The molecular formula is C12H13BrN2O2S. The molecule has 0 spiro atoms. The molecule has 4 nitrogen and oxygen atoms in total. The number of fused-ring (bicyclic) bond motifs is 1. The molecule has 18 heavy (non-hydrogen) atoms. The molecule has 0 atom stereocenters. The van der Waals surface area contributed by atoms with E-state index in [1.165, 1.54) is 11.5 Å². The minimum Gasteiger partial charge on any atom is -0.444 e. The van der Waals surface area contributed by atoms with Gasteiger partial charge >= 0.3 is 6.09 Å². The second-order valence-electron chi connectivity index (χ2n) is 4.80. The van der Waals surface area contributed by atoms with Gasteiger partial charge in [-0.2, -0.15) is 4.37 Å². The van der Waals surface area contributed by atoms with E-state index in [0.717, 1.165) is 14.6 Å². The fraction of sp³-hybridized carbons (Fsp3) is 0.333. The summed E-state index contributed by atoms with van der Waals surface area (Å²) in [5.41, 5.74) is -0.517. The van der Waals surface area contributed by atoms with Gasteiger partial charge in [0.25, 0.3) is 0 Å². The Morgan fingerprint density at radius 1 is 1.44 bits per heavy atom. The fourth-order valence-corrected chi connectivity index (χ4v) is 2.48. The lowest BCUT2D eigenvalue weighted by Gasteiger charge is -2.19. The molecule has 0 fully saturated rings. The van der Waals surface area contributed by atoms with Crippen molar-refractivity contribution in [2.24, 2.45) is 0 Å². The molecule has 6 heteroatoms.